The lowest BCUT2D eigenvalue weighted by atomic mass is 9.61. The van der Waals surface area contributed by atoms with E-state index in [9.17, 15) is 42.0 Å². The van der Waals surface area contributed by atoms with Crippen molar-refractivity contribution < 1.29 is 61.0 Å². The lowest BCUT2D eigenvalue weighted by molar-refractivity contribution is -0.150. The number of carbonyl (C=O) groups excluding carboxylic acids is 4. The molecule has 4 aromatic carbocycles. The van der Waals surface area contributed by atoms with E-state index in [0.717, 1.165) is 80.6 Å². The van der Waals surface area contributed by atoms with Crippen LogP contribution in [0.25, 0.3) is 0 Å². The minimum absolute atomic E-state index is 0.0182. The fourth-order valence-corrected chi connectivity index (χ4v) is 21.7. The third kappa shape index (κ3) is 15.0. The highest BCUT2D eigenvalue weighted by Gasteiger charge is 2.53. The molecule has 4 aromatic rings. The Balaban J connectivity index is 0.000000179. The molecule has 23 heteroatoms. The van der Waals surface area contributed by atoms with Gasteiger partial charge < -0.3 is 48.8 Å². The largest absolute Gasteiger partial charge is 0.490 e. The molecule has 4 bridgehead atoms. The van der Waals surface area contributed by atoms with Crippen LogP contribution in [0, 0.1) is 35.5 Å². The van der Waals surface area contributed by atoms with Crippen LogP contribution in [0.2, 0.25) is 10.0 Å². The topological polar surface area (TPSA) is 234 Å². The minimum Gasteiger partial charge on any atom is -0.490 e. The van der Waals surface area contributed by atoms with Crippen molar-refractivity contribution in [3.63, 3.8) is 0 Å². The molecule has 100 heavy (non-hydrogen) atoms. The number of carbonyl (C=O) groups is 4. The molecule has 19 nitrogen and oxygen atoms in total. The molecule has 13 atom stereocenters. The van der Waals surface area contributed by atoms with Gasteiger partial charge in [-0.2, -0.15) is 0 Å². The van der Waals surface area contributed by atoms with Crippen molar-refractivity contribution in [1.82, 2.24) is 19.2 Å². The Morgan fingerprint density at radius 2 is 0.990 bits per heavy atom. The predicted octanol–water partition coefficient (Wildman–Crippen LogP) is 10.5. The van der Waals surface area contributed by atoms with Crippen LogP contribution < -0.4 is 28.7 Å². The molecule has 4 amide bonds. The van der Waals surface area contributed by atoms with Crippen LogP contribution in [0.3, 0.4) is 0 Å². The van der Waals surface area contributed by atoms with E-state index in [-0.39, 0.29) is 81.8 Å². The van der Waals surface area contributed by atoms with Gasteiger partial charge in [-0.1, -0.05) is 62.0 Å². The second-order valence-corrected chi connectivity index (χ2v) is 36.6. The number of morpholine rings is 2. The molecular weight excluding hydrogens is 1350 g/mol. The second-order valence-electron chi connectivity index (χ2n) is 31.3. The number of hydrogen-bond donors (Lipinski definition) is 4. The zero-order valence-electron chi connectivity index (χ0n) is 58.6. The molecule has 6 heterocycles. The summed E-state index contributed by atoms with van der Waals surface area (Å²) >= 11 is 12.9. The molecule has 2 saturated heterocycles. The quantitative estimate of drug-likeness (QED) is 0.139. The van der Waals surface area contributed by atoms with E-state index < -0.39 is 48.0 Å². The number of hydrogen-bond acceptors (Lipinski definition) is 15. The lowest BCUT2D eigenvalue weighted by Crippen LogP contribution is -2.55. The smallest absolute Gasteiger partial charge is 0.264 e. The fraction of sp³-hybridized carbons (Fsp3) is 0.623. The van der Waals surface area contributed by atoms with E-state index in [1.165, 1.54) is 22.3 Å². The summed E-state index contributed by atoms with van der Waals surface area (Å²) in [6.45, 7) is 15.0. The van der Waals surface area contributed by atoms with Crippen molar-refractivity contribution >= 4 is 83.8 Å². The van der Waals surface area contributed by atoms with Gasteiger partial charge in [0.2, 0.25) is 21.8 Å². The van der Waals surface area contributed by atoms with Crippen molar-refractivity contribution in [2.75, 3.05) is 102 Å². The van der Waals surface area contributed by atoms with Gasteiger partial charge in [0.15, 0.2) is 0 Å². The summed E-state index contributed by atoms with van der Waals surface area (Å²) < 4.78 is 70.2. The Morgan fingerprint density at radius 3 is 1.42 bits per heavy atom. The Hall–Kier alpha value is -5.65. The van der Waals surface area contributed by atoms with Crippen LogP contribution in [0.1, 0.15) is 173 Å². The van der Waals surface area contributed by atoms with Gasteiger partial charge in [0, 0.05) is 89.6 Å². The van der Waals surface area contributed by atoms with Crippen LogP contribution in [0.5, 0.6) is 11.5 Å². The van der Waals surface area contributed by atoms with Gasteiger partial charge in [-0.05, 0) is 228 Å². The highest BCUT2D eigenvalue weighted by molar-refractivity contribution is 7.99. The molecule has 10 aliphatic rings. The summed E-state index contributed by atoms with van der Waals surface area (Å²) in [5.41, 5.74) is 4.12. The number of nitrogens with zero attached hydrogens (tertiary/aromatic N) is 4. The van der Waals surface area contributed by atoms with Gasteiger partial charge in [-0.15, -0.1) is 0 Å². The van der Waals surface area contributed by atoms with Gasteiger partial charge in [0.1, 0.15) is 11.5 Å². The van der Waals surface area contributed by atoms with Gasteiger partial charge in [-0.3, -0.25) is 23.9 Å². The van der Waals surface area contributed by atoms with Gasteiger partial charge >= 0.3 is 0 Å². The SMILES string of the molecule is C=S1(=O)NC(=O)c2ccc3c(c2)N(C[C@@H]2CC[C@H]2[C@@](O)(CC(=O)N2CCOCC2)CCC[C@H](C)[C@H]1C)C[C@@]1(CCCc2cc(Cl)ccc21)CO3.C[C@@H]1[C@@H](C)CCC[C@@](O)(CC(=O)N2CCOCC2)[C@@H]2CC[C@H]2CN2C[C@@]3(CCCc4cc(Cl)ccc43)COc3ccc(cc32)C(=O)NS1(=O)=O. The summed E-state index contributed by atoms with van der Waals surface area (Å²) in [5.74, 6) is 3.99. The summed E-state index contributed by atoms with van der Waals surface area (Å²) in [4.78, 5) is 62.9. The van der Waals surface area contributed by atoms with Crippen molar-refractivity contribution in [1.29, 1.82) is 0 Å². The van der Waals surface area contributed by atoms with E-state index in [1.54, 1.807) is 36.1 Å². The molecule has 0 radical (unpaired) electrons. The predicted molar refractivity (Wildman–Crippen MR) is 391 cm³/mol. The number of fused-ring (bicyclic) bond motifs is 8. The molecule has 4 fully saturated rings. The zero-order chi connectivity index (χ0) is 70.5. The van der Waals surface area contributed by atoms with E-state index in [1.807, 2.05) is 49.9 Å². The van der Waals surface area contributed by atoms with E-state index in [2.05, 4.69) is 49.4 Å². The molecule has 0 aromatic heterocycles. The molecule has 6 aliphatic heterocycles. The standard InChI is InChI=1S/C39H52ClN3O6S.C38H50ClN3O7S/c1-26-6-4-15-39(46,22-36(44)42-16-18-48-19-17-42)33-11-8-30(33)23-43-24-38(14-5-7-28-20-31(40)10-12-32(28)38)25-49-35-13-9-29(21-34(35)43)37(45)41-50(3,47)27(26)2;1-25-5-3-14-38(45,21-35(43)41-15-17-48-18-16-41)32-10-7-29(32)22-42-23-37(13-4-6-27-19-30(39)9-11-31(27)37)24-49-34-12-8-28(20-33(34)42)36(44)40-50(46,47)26(25)2/h9-10,12-13,20-21,26-27,30,33,46H,3-8,11,14-19,22-25H2,1-2H3,(H,41,45,47);8-9,11-12,19-20,25-26,29,32,45H,3-7,10,13-18,21-24H2,1-2H3,(H,40,44)/t26-,27+,30-,33+,38-,39-,50?;25-,26+,29-,32+,37-,38+/m00/s1. The van der Waals surface area contributed by atoms with Crippen LogP contribution in [0.4, 0.5) is 11.4 Å². The minimum atomic E-state index is -4.00. The maximum absolute atomic E-state index is 13.9. The maximum Gasteiger partial charge on any atom is 0.264 e. The van der Waals surface area contributed by atoms with E-state index in [0.29, 0.717) is 153 Å². The lowest BCUT2D eigenvalue weighted by Gasteiger charge is -2.50. The number of benzene rings is 4. The number of nitrogens with one attached hydrogen (secondary N) is 2. The summed E-state index contributed by atoms with van der Waals surface area (Å²) in [6, 6.07) is 23.0. The number of ether oxygens (including phenoxy) is 4. The van der Waals surface area contributed by atoms with Crippen molar-refractivity contribution in [3.05, 3.63) is 116 Å². The first kappa shape index (κ1) is 72.7. The average molecular weight is 1450 g/mol. The third-order valence-corrected chi connectivity index (χ3v) is 29.7. The third-order valence-electron chi connectivity index (χ3n) is 25.1. The van der Waals surface area contributed by atoms with Crippen LogP contribution in [-0.2, 0) is 62.5 Å². The maximum atomic E-state index is 13.9. The Bertz CT molecular complexity index is 3710. The number of aliphatic hydroxyl groups is 2. The van der Waals surface area contributed by atoms with Crippen molar-refractivity contribution in [3.8, 4) is 11.5 Å². The number of sulfonamides is 1. The van der Waals surface area contributed by atoms with Gasteiger partial charge in [0.05, 0.1) is 90.0 Å². The highest BCUT2D eigenvalue weighted by Crippen LogP contribution is 2.53. The first-order valence-corrected chi connectivity index (χ1v) is 40.9. The second kappa shape index (κ2) is 29.5. The van der Waals surface area contributed by atoms with Gasteiger partial charge in [-0.25, -0.2) is 17.3 Å². The summed E-state index contributed by atoms with van der Waals surface area (Å²) in [7, 11) is -7.00. The number of amides is 4. The summed E-state index contributed by atoms with van der Waals surface area (Å²) in [6.07, 6.45) is 12.8. The average Bonchev–Trinajstić information content (AvgIpc) is 1.39. The molecule has 14 rings (SSSR count). The Morgan fingerprint density at radius 1 is 0.560 bits per heavy atom. The Labute approximate surface area is 601 Å². The van der Waals surface area contributed by atoms with E-state index >= 15 is 0 Å². The van der Waals surface area contributed by atoms with Crippen molar-refractivity contribution in [2.45, 2.75) is 176 Å². The zero-order valence-corrected chi connectivity index (χ0v) is 61.8. The normalized spacial score (nSPS) is 33.8. The van der Waals surface area contributed by atoms with Crippen LogP contribution in [-0.4, -0.2) is 176 Å². The molecule has 4 aliphatic carbocycles. The number of halogens is 2. The van der Waals surface area contributed by atoms with Crippen LogP contribution >= 0.6 is 23.2 Å². The molecule has 1 unspecified atom stereocenters. The highest BCUT2D eigenvalue weighted by atomic mass is 35.5. The van der Waals surface area contributed by atoms with Crippen molar-refractivity contribution in [2.24, 2.45) is 35.5 Å². The number of aryl methyl sites for hydroxylation is 2. The number of rotatable bonds is 4. The number of anilines is 2. The molecule has 2 saturated carbocycles. The summed E-state index contributed by atoms with van der Waals surface area (Å²) in [5, 5.41) is 25.4. The van der Waals surface area contributed by atoms with E-state index in [4.69, 9.17) is 42.1 Å². The molecule has 544 valence electrons. The molecular formula is C77H102Cl2N6O13S2. The van der Waals surface area contributed by atoms with Gasteiger partial charge in [0.25, 0.3) is 11.8 Å². The first-order valence-electron chi connectivity index (χ1n) is 36.8. The molecule has 4 N–H and O–H groups in total. The molecule has 2 spiro atoms. The van der Waals surface area contributed by atoms with Crippen LogP contribution in [0.15, 0.2) is 72.8 Å². The first-order chi connectivity index (χ1) is 47.7. The Kier molecular flexibility index (Phi) is 21.4. The fourth-order valence-electron chi connectivity index (χ4n) is 18.4. The monoisotopic (exact) mass is 1450 g/mol.